The van der Waals surface area contributed by atoms with E-state index in [1.807, 2.05) is 24.3 Å². The van der Waals surface area contributed by atoms with Gasteiger partial charge >= 0.3 is 0 Å². The van der Waals surface area contributed by atoms with Gasteiger partial charge in [0.15, 0.2) is 0 Å². The number of amides is 1. The van der Waals surface area contributed by atoms with E-state index in [1.54, 1.807) is 0 Å². The van der Waals surface area contributed by atoms with E-state index >= 15 is 0 Å². The first-order valence-corrected chi connectivity index (χ1v) is 12.5. The molecular formula is C25H34N10O. The Balaban J connectivity index is 1.50. The number of primary amides is 1. The maximum absolute atomic E-state index is 12.3. The van der Waals surface area contributed by atoms with Crippen LogP contribution in [0, 0.1) is 22.3 Å². The molecule has 0 bridgehead atoms. The molecule has 6 N–H and O–H groups in total. The fraction of sp³-hybridized carbons (Fsp3) is 0.480. The summed E-state index contributed by atoms with van der Waals surface area (Å²) in [5, 5.41) is 21.9. The minimum atomic E-state index is -0.677. The topological polar surface area (TPSA) is 171 Å². The van der Waals surface area contributed by atoms with Crippen LogP contribution in [0.2, 0.25) is 0 Å². The lowest BCUT2D eigenvalue weighted by Crippen LogP contribution is -2.34. The Hall–Kier alpha value is -3.89. The number of amidine groups is 1. The molecule has 1 amide bonds. The van der Waals surface area contributed by atoms with E-state index in [2.05, 4.69) is 30.2 Å². The maximum Gasteiger partial charge on any atom is 0.254 e. The molecule has 36 heavy (non-hydrogen) atoms. The van der Waals surface area contributed by atoms with Crippen molar-refractivity contribution in [2.24, 2.45) is 16.8 Å². The predicted molar refractivity (Wildman–Crippen MR) is 141 cm³/mol. The zero-order valence-electron chi connectivity index (χ0n) is 20.5. The highest BCUT2D eigenvalue weighted by Crippen LogP contribution is 2.29. The van der Waals surface area contributed by atoms with Gasteiger partial charge in [-0.15, -0.1) is 5.11 Å². The maximum atomic E-state index is 12.3. The van der Waals surface area contributed by atoms with Gasteiger partial charge in [-0.1, -0.05) is 12.8 Å². The molecule has 190 valence electrons. The number of benzene rings is 1. The van der Waals surface area contributed by atoms with Gasteiger partial charge in [-0.05, 0) is 55.9 Å². The molecule has 1 aromatic heterocycles. The fourth-order valence-corrected chi connectivity index (χ4v) is 4.92. The molecule has 11 heteroatoms. The van der Waals surface area contributed by atoms with Crippen molar-refractivity contribution in [3.05, 3.63) is 35.5 Å². The van der Waals surface area contributed by atoms with E-state index in [0.717, 1.165) is 69.5 Å². The van der Waals surface area contributed by atoms with Gasteiger partial charge in [0.1, 0.15) is 22.9 Å². The predicted octanol–water partition coefficient (Wildman–Crippen LogP) is 4.31. The van der Waals surface area contributed by atoms with Crippen molar-refractivity contribution in [2.45, 2.75) is 44.9 Å². The van der Waals surface area contributed by atoms with Crippen LogP contribution in [-0.2, 0) is 0 Å². The number of hydrogen-bond acceptors (Lipinski definition) is 9. The second kappa shape index (κ2) is 11.7. The third-order valence-electron chi connectivity index (χ3n) is 6.92. The van der Waals surface area contributed by atoms with Crippen LogP contribution in [0.5, 0.6) is 0 Å². The van der Waals surface area contributed by atoms with Gasteiger partial charge in [-0.3, -0.25) is 10.2 Å². The van der Waals surface area contributed by atoms with Crippen molar-refractivity contribution in [2.75, 3.05) is 41.3 Å². The van der Waals surface area contributed by atoms with Crippen LogP contribution in [0.1, 0.15) is 61.0 Å². The van der Waals surface area contributed by atoms with Gasteiger partial charge < -0.3 is 26.3 Å². The van der Waals surface area contributed by atoms with E-state index in [9.17, 15) is 4.79 Å². The molecule has 11 nitrogen and oxygen atoms in total. The number of nitrogens with one attached hydrogen (secondary N) is 4. The van der Waals surface area contributed by atoms with E-state index in [1.165, 1.54) is 12.8 Å². The van der Waals surface area contributed by atoms with Gasteiger partial charge in [0.2, 0.25) is 5.95 Å². The Morgan fingerprint density at radius 1 is 1.06 bits per heavy atom. The molecule has 3 heterocycles. The molecule has 0 unspecified atom stereocenters. The molecule has 0 spiro atoms. The Morgan fingerprint density at radius 2 is 1.72 bits per heavy atom. The van der Waals surface area contributed by atoms with Gasteiger partial charge in [0, 0.05) is 50.2 Å². The van der Waals surface area contributed by atoms with E-state index < -0.39 is 5.91 Å². The minimum absolute atomic E-state index is 0.111. The zero-order chi connectivity index (χ0) is 25.5. The lowest BCUT2D eigenvalue weighted by molar-refractivity contribution is 0.100. The highest BCUT2D eigenvalue weighted by atomic mass is 16.1. The Morgan fingerprint density at radius 3 is 2.31 bits per heavy atom. The number of carbonyl (C=O) groups excluding carboxylic acids is 1. The molecule has 2 fully saturated rings. The van der Waals surface area contributed by atoms with Crippen molar-refractivity contribution < 1.29 is 4.79 Å². The number of carbonyl (C=O) groups is 1. The summed E-state index contributed by atoms with van der Waals surface area (Å²) in [6.07, 6.45) is 8.02. The largest absolute Gasteiger partial charge is 0.372 e. The molecule has 2 aliphatic heterocycles. The standard InChI is InChI=1S/C25H34N10O/c26-16-20-22(23(28)36)24(32-25(31-20)35-11-3-1-2-4-12-35)30-18-5-7-19(8-6-18)34-13-9-17(10-14-34)15-21(27)33-29/h5-8,16-17,26-27,29H,1-4,9-15H2,(H2,28,36)(H,30,31,32). The van der Waals surface area contributed by atoms with Crippen molar-refractivity contribution >= 4 is 41.1 Å². The van der Waals surface area contributed by atoms with Crippen LogP contribution >= 0.6 is 0 Å². The van der Waals surface area contributed by atoms with Gasteiger partial charge in [0.25, 0.3) is 5.91 Å². The highest BCUT2D eigenvalue weighted by Gasteiger charge is 2.23. The van der Waals surface area contributed by atoms with Gasteiger partial charge in [0.05, 0.1) is 0 Å². The van der Waals surface area contributed by atoms with Crippen LogP contribution < -0.4 is 20.9 Å². The first-order chi connectivity index (χ1) is 17.5. The molecule has 0 saturated carbocycles. The monoisotopic (exact) mass is 490 g/mol. The quantitative estimate of drug-likeness (QED) is 0.209. The number of aromatic nitrogens is 2. The lowest BCUT2D eigenvalue weighted by Gasteiger charge is -2.33. The molecule has 0 radical (unpaired) electrons. The summed E-state index contributed by atoms with van der Waals surface area (Å²) in [4.78, 5) is 25.8. The summed E-state index contributed by atoms with van der Waals surface area (Å²) < 4.78 is 0. The Labute approximate surface area is 211 Å². The SMILES string of the molecule is N=Cc1nc(N2CCCCCC2)nc(Nc2ccc(N3CCC(CC(=N)N=N)CC3)cc2)c1C(N)=O. The molecule has 2 saturated heterocycles. The Kier molecular flexibility index (Phi) is 8.19. The molecule has 2 aliphatic rings. The second-order valence-corrected chi connectivity index (χ2v) is 9.41. The molecule has 2 aromatic rings. The average Bonchev–Trinajstić information content (AvgIpc) is 3.18. The summed E-state index contributed by atoms with van der Waals surface area (Å²) in [6, 6.07) is 7.95. The van der Waals surface area contributed by atoms with Crippen molar-refractivity contribution in [3.8, 4) is 0 Å². The molecule has 0 aliphatic carbocycles. The summed E-state index contributed by atoms with van der Waals surface area (Å²) in [5.41, 5.74) is 14.8. The first-order valence-electron chi connectivity index (χ1n) is 12.5. The van der Waals surface area contributed by atoms with Crippen LogP contribution in [0.25, 0.3) is 0 Å². The summed E-state index contributed by atoms with van der Waals surface area (Å²) in [7, 11) is 0. The van der Waals surface area contributed by atoms with E-state index in [0.29, 0.717) is 24.1 Å². The van der Waals surface area contributed by atoms with Crippen LogP contribution in [0.4, 0.5) is 23.1 Å². The number of piperidine rings is 1. The average molecular weight is 491 g/mol. The van der Waals surface area contributed by atoms with Crippen molar-refractivity contribution in [3.63, 3.8) is 0 Å². The van der Waals surface area contributed by atoms with Crippen LogP contribution in [0.15, 0.2) is 29.4 Å². The normalized spacial score (nSPS) is 16.8. The van der Waals surface area contributed by atoms with Crippen LogP contribution in [-0.4, -0.2) is 54.1 Å². The summed E-state index contributed by atoms with van der Waals surface area (Å²) in [6.45, 7) is 3.47. The van der Waals surface area contributed by atoms with Gasteiger partial charge in [-0.25, -0.2) is 10.5 Å². The third-order valence-corrected chi connectivity index (χ3v) is 6.92. The highest BCUT2D eigenvalue weighted by molar-refractivity contribution is 6.04. The fourth-order valence-electron chi connectivity index (χ4n) is 4.92. The van der Waals surface area contributed by atoms with Crippen molar-refractivity contribution in [1.82, 2.24) is 9.97 Å². The minimum Gasteiger partial charge on any atom is -0.372 e. The number of hydrogen-bond donors (Lipinski definition) is 5. The van der Waals surface area contributed by atoms with E-state index in [-0.39, 0.29) is 17.1 Å². The van der Waals surface area contributed by atoms with Gasteiger partial charge in [-0.2, -0.15) is 4.98 Å². The zero-order valence-corrected chi connectivity index (χ0v) is 20.5. The lowest BCUT2D eigenvalue weighted by atomic mass is 9.93. The number of nitrogens with two attached hydrogens (primary N) is 1. The van der Waals surface area contributed by atoms with E-state index in [4.69, 9.17) is 22.1 Å². The number of nitrogens with zero attached hydrogens (tertiary/aromatic N) is 5. The molecule has 4 rings (SSSR count). The molecular weight excluding hydrogens is 456 g/mol. The first kappa shape index (κ1) is 25.2. The summed E-state index contributed by atoms with van der Waals surface area (Å²) >= 11 is 0. The smallest absolute Gasteiger partial charge is 0.254 e. The summed E-state index contributed by atoms with van der Waals surface area (Å²) in [5.74, 6) is 0.688. The number of anilines is 4. The molecule has 1 aromatic carbocycles. The second-order valence-electron chi connectivity index (χ2n) is 9.41. The third kappa shape index (κ3) is 6.02. The van der Waals surface area contributed by atoms with Crippen LogP contribution in [0.3, 0.4) is 0 Å². The number of rotatable bonds is 8. The Bertz CT molecular complexity index is 1100. The molecule has 0 atom stereocenters. The van der Waals surface area contributed by atoms with Crippen molar-refractivity contribution in [1.29, 1.82) is 16.3 Å².